The van der Waals surface area contributed by atoms with E-state index in [1.165, 1.54) is 0 Å². The summed E-state index contributed by atoms with van der Waals surface area (Å²) in [6.45, 7) is 6.75. The second-order valence-electron chi connectivity index (χ2n) is 5.42. The Kier molecular flexibility index (Phi) is 5.87. The summed E-state index contributed by atoms with van der Waals surface area (Å²) in [5.74, 6) is -0.397. The summed E-state index contributed by atoms with van der Waals surface area (Å²) < 4.78 is 9.88. The lowest BCUT2D eigenvalue weighted by molar-refractivity contribution is -0.140. The van der Waals surface area contributed by atoms with E-state index in [-0.39, 0.29) is 24.7 Å². The highest BCUT2D eigenvalue weighted by atomic mass is 35.5. The fourth-order valence-corrected chi connectivity index (χ4v) is 1.88. The van der Waals surface area contributed by atoms with Gasteiger partial charge in [0.25, 0.3) is 0 Å². The van der Waals surface area contributed by atoms with Gasteiger partial charge in [0.05, 0.1) is 6.54 Å². The lowest BCUT2D eigenvalue weighted by Gasteiger charge is -2.24. The molecule has 1 saturated heterocycles. The van der Waals surface area contributed by atoms with E-state index in [1.807, 2.05) is 20.8 Å². The maximum absolute atomic E-state index is 11.8. The fourth-order valence-electron chi connectivity index (χ4n) is 1.76. The molecule has 0 aromatic heterocycles. The number of ether oxygens (including phenoxy) is 2. The summed E-state index contributed by atoms with van der Waals surface area (Å²) >= 11 is 5.28. The van der Waals surface area contributed by atoms with E-state index in [1.54, 1.807) is 4.90 Å². The van der Waals surface area contributed by atoms with Crippen LogP contribution >= 0.6 is 11.6 Å². The number of alkyl halides is 1. The highest BCUT2D eigenvalue weighted by molar-refractivity contribution is 6.17. The molecule has 0 aliphatic carbocycles. The minimum absolute atomic E-state index is 0.0791. The Bertz CT molecular complexity index is 330. The minimum atomic E-state index is -0.493. The molecule has 1 aliphatic rings. The Morgan fingerprint density at radius 1 is 1.42 bits per heavy atom. The number of likely N-dealkylation sites (tertiary alicyclic amines) is 1. The zero-order valence-corrected chi connectivity index (χ0v) is 12.3. The summed E-state index contributed by atoms with van der Waals surface area (Å²) in [6.07, 6.45) is 0.466. The molecule has 1 rings (SSSR count). The van der Waals surface area contributed by atoms with E-state index in [0.29, 0.717) is 13.1 Å². The SMILES string of the molecule is CC(C)(C)OC(=O)N1CCC(NCC(=O)OCCl)C1. The quantitative estimate of drug-likeness (QED) is 0.625. The van der Waals surface area contributed by atoms with E-state index < -0.39 is 11.6 Å². The van der Waals surface area contributed by atoms with Gasteiger partial charge in [-0.2, -0.15) is 0 Å². The lowest BCUT2D eigenvalue weighted by Crippen LogP contribution is -2.39. The number of carbonyl (C=O) groups is 2. The number of hydrogen-bond acceptors (Lipinski definition) is 5. The normalized spacial score (nSPS) is 19.4. The number of esters is 1. The molecule has 6 nitrogen and oxygen atoms in total. The van der Waals surface area contributed by atoms with Crippen molar-refractivity contribution in [3.05, 3.63) is 0 Å². The van der Waals surface area contributed by atoms with Crippen molar-refractivity contribution in [2.24, 2.45) is 0 Å². The van der Waals surface area contributed by atoms with Gasteiger partial charge in [0.1, 0.15) is 5.60 Å². The summed E-state index contributed by atoms with van der Waals surface area (Å²) in [4.78, 5) is 24.6. The van der Waals surface area contributed by atoms with Crippen LogP contribution in [0.1, 0.15) is 27.2 Å². The monoisotopic (exact) mass is 292 g/mol. The fraction of sp³-hybridized carbons (Fsp3) is 0.833. The molecule has 1 unspecified atom stereocenters. The number of carbonyl (C=O) groups excluding carboxylic acids is 2. The third kappa shape index (κ3) is 6.11. The summed E-state index contributed by atoms with van der Waals surface area (Å²) in [5, 5.41) is 3.03. The van der Waals surface area contributed by atoms with E-state index in [0.717, 1.165) is 6.42 Å². The molecule has 7 heteroatoms. The topological polar surface area (TPSA) is 67.9 Å². The average molecular weight is 293 g/mol. The van der Waals surface area contributed by atoms with Crippen LogP contribution in [0, 0.1) is 0 Å². The molecule has 0 aromatic carbocycles. The van der Waals surface area contributed by atoms with Crippen molar-refractivity contribution < 1.29 is 19.1 Å². The van der Waals surface area contributed by atoms with Crippen molar-refractivity contribution in [3.63, 3.8) is 0 Å². The maximum atomic E-state index is 11.8. The molecule has 110 valence electrons. The Labute approximate surface area is 118 Å². The van der Waals surface area contributed by atoms with E-state index in [4.69, 9.17) is 16.3 Å². The zero-order chi connectivity index (χ0) is 14.5. The van der Waals surface area contributed by atoms with Gasteiger partial charge in [0.15, 0.2) is 6.07 Å². The first-order valence-electron chi connectivity index (χ1n) is 6.24. The number of rotatable bonds is 4. The van der Waals surface area contributed by atoms with Gasteiger partial charge in [-0.3, -0.25) is 4.79 Å². The van der Waals surface area contributed by atoms with Crippen LogP contribution in [-0.4, -0.2) is 54.3 Å². The molecule has 1 fully saturated rings. The number of amides is 1. The van der Waals surface area contributed by atoms with Crippen molar-refractivity contribution in [1.82, 2.24) is 10.2 Å². The Morgan fingerprint density at radius 3 is 2.68 bits per heavy atom. The predicted octanol–water partition coefficient (Wildman–Crippen LogP) is 1.32. The molecular formula is C12H21ClN2O4. The van der Waals surface area contributed by atoms with Gasteiger partial charge in [0, 0.05) is 19.1 Å². The molecule has 1 atom stereocenters. The standard InChI is InChI=1S/C12H21ClN2O4/c1-12(2,3)19-11(17)15-5-4-9(7-15)14-6-10(16)18-8-13/h9,14H,4-8H2,1-3H3. The summed E-state index contributed by atoms with van der Waals surface area (Å²) in [6, 6.07) is -0.0646. The van der Waals surface area contributed by atoms with Crippen LogP contribution in [0.2, 0.25) is 0 Å². The first kappa shape index (κ1) is 16.0. The lowest BCUT2D eigenvalue weighted by atomic mass is 10.2. The highest BCUT2D eigenvalue weighted by Gasteiger charge is 2.29. The van der Waals surface area contributed by atoms with Crippen LogP contribution in [0.15, 0.2) is 0 Å². The van der Waals surface area contributed by atoms with E-state index in [9.17, 15) is 9.59 Å². The number of nitrogens with zero attached hydrogens (tertiary/aromatic N) is 1. The van der Waals surface area contributed by atoms with E-state index in [2.05, 4.69) is 10.1 Å². The zero-order valence-electron chi connectivity index (χ0n) is 11.6. The average Bonchev–Trinajstić information content (AvgIpc) is 2.73. The molecule has 19 heavy (non-hydrogen) atoms. The van der Waals surface area contributed by atoms with Crippen molar-refractivity contribution in [2.75, 3.05) is 25.7 Å². The molecule has 1 aliphatic heterocycles. The Morgan fingerprint density at radius 2 is 2.11 bits per heavy atom. The molecular weight excluding hydrogens is 272 g/mol. The third-order valence-electron chi connectivity index (χ3n) is 2.59. The maximum Gasteiger partial charge on any atom is 0.410 e. The van der Waals surface area contributed by atoms with Crippen LogP contribution in [0.5, 0.6) is 0 Å². The summed E-state index contributed by atoms with van der Waals surface area (Å²) in [7, 11) is 0. The van der Waals surface area contributed by atoms with Gasteiger partial charge in [-0.1, -0.05) is 11.6 Å². The minimum Gasteiger partial charge on any atom is -0.448 e. The summed E-state index contributed by atoms with van der Waals surface area (Å²) in [5.41, 5.74) is -0.493. The predicted molar refractivity (Wildman–Crippen MR) is 71.0 cm³/mol. The second kappa shape index (κ2) is 6.96. The molecule has 0 radical (unpaired) electrons. The van der Waals surface area contributed by atoms with Crippen LogP contribution in [0.25, 0.3) is 0 Å². The number of nitrogens with one attached hydrogen (secondary N) is 1. The number of hydrogen-bond donors (Lipinski definition) is 1. The van der Waals surface area contributed by atoms with Crippen molar-refractivity contribution in [3.8, 4) is 0 Å². The van der Waals surface area contributed by atoms with Gasteiger partial charge < -0.3 is 19.7 Å². The second-order valence-corrected chi connectivity index (χ2v) is 5.64. The Balaban J connectivity index is 2.29. The first-order valence-corrected chi connectivity index (χ1v) is 6.78. The number of halogens is 1. The molecule has 0 spiro atoms. The molecule has 1 amide bonds. The molecule has 1 heterocycles. The van der Waals surface area contributed by atoms with Crippen molar-refractivity contribution >= 4 is 23.7 Å². The first-order chi connectivity index (χ1) is 8.81. The molecule has 1 N–H and O–H groups in total. The Hall–Kier alpha value is -1.01. The third-order valence-corrected chi connectivity index (χ3v) is 2.70. The largest absolute Gasteiger partial charge is 0.448 e. The van der Waals surface area contributed by atoms with Crippen LogP contribution in [0.3, 0.4) is 0 Å². The van der Waals surface area contributed by atoms with Gasteiger partial charge in [-0.25, -0.2) is 4.79 Å². The van der Waals surface area contributed by atoms with Crippen LogP contribution in [-0.2, 0) is 14.3 Å². The van der Waals surface area contributed by atoms with Gasteiger partial charge in [0.2, 0.25) is 0 Å². The van der Waals surface area contributed by atoms with Gasteiger partial charge in [-0.15, -0.1) is 0 Å². The van der Waals surface area contributed by atoms with E-state index >= 15 is 0 Å². The van der Waals surface area contributed by atoms with Crippen LogP contribution in [0.4, 0.5) is 4.79 Å². The van der Waals surface area contributed by atoms with Crippen LogP contribution < -0.4 is 5.32 Å². The van der Waals surface area contributed by atoms with Crippen molar-refractivity contribution in [2.45, 2.75) is 38.8 Å². The molecule has 0 bridgehead atoms. The van der Waals surface area contributed by atoms with Gasteiger partial charge in [-0.05, 0) is 27.2 Å². The molecule has 0 saturated carbocycles. The van der Waals surface area contributed by atoms with Crippen molar-refractivity contribution in [1.29, 1.82) is 0 Å². The highest BCUT2D eigenvalue weighted by Crippen LogP contribution is 2.15. The smallest absolute Gasteiger partial charge is 0.410 e. The van der Waals surface area contributed by atoms with Gasteiger partial charge >= 0.3 is 12.1 Å². The molecule has 0 aromatic rings.